The van der Waals surface area contributed by atoms with Crippen molar-refractivity contribution in [2.24, 2.45) is 0 Å². The SMILES string of the molecule is Cc1cccc2c1CN(P)CC2. The molecule has 0 saturated heterocycles. The van der Waals surface area contributed by atoms with E-state index in [0.29, 0.717) is 0 Å². The van der Waals surface area contributed by atoms with E-state index >= 15 is 0 Å². The van der Waals surface area contributed by atoms with E-state index in [0.717, 1.165) is 6.54 Å². The van der Waals surface area contributed by atoms with Gasteiger partial charge in [-0.1, -0.05) is 27.6 Å². The molecule has 2 rings (SSSR count). The molecule has 0 aliphatic carbocycles. The third-order valence-electron chi connectivity index (χ3n) is 2.54. The molecule has 0 aromatic heterocycles. The Morgan fingerprint density at radius 1 is 1.42 bits per heavy atom. The average Bonchev–Trinajstić information content (AvgIpc) is 2.07. The van der Waals surface area contributed by atoms with Gasteiger partial charge >= 0.3 is 0 Å². The molecule has 1 aliphatic rings. The van der Waals surface area contributed by atoms with E-state index in [1.807, 2.05) is 0 Å². The molecule has 0 spiro atoms. The summed E-state index contributed by atoms with van der Waals surface area (Å²) in [4.78, 5) is 0. The summed E-state index contributed by atoms with van der Waals surface area (Å²) in [5, 5.41) is 0. The van der Waals surface area contributed by atoms with Crippen LogP contribution < -0.4 is 0 Å². The van der Waals surface area contributed by atoms with Gasteiger partial charge < -0.3 is 0 Å². The first kappa shape index (κ1) is 8.22. The van der Waals surface area contributed by atoms with Crippen molar-refractivity contribution in [1.29, 1.82) is 0 Å². The molecule has 0 bridgehead atoms. The summed E-state index contributed by atoms with van der Waals surface area (Å²) >= 11 is 0. The van der Waals surface area contributed by atoms with Crippen LogP contribution in [0.3, 0.4) is 0 Å². The van der Waals surface area contributed by atoms with E-state index in [4.69, 9.17) is 0 Å². The smallest absolute Gasteiger partial charge is 0.0273 e. The molecule has 0 N–H and O–H groups in total. The molecular formula is C10H14NP. The van der Waals surface area contributed by atoms with Gasteiger partial charge in [0.25, 0.3) is 0 Å². The Morgan fingerprint density at radius 3 is 3.08 bits per heavy atom. The zero-order valence-corrected chi connectivity index (χ0v) is 8.53. The van der Waals surface area contributed by atoms with Gasteiger partial charge in [-0.25, -0.2) is 0 Å². The van der Waals surface area contributed by atoms with Crippen LogP contribution in [0.5, 0.6) is 0 Å². The Kier molecular flexibility index (Phi) is 2.16. The Balaban J connectivity index is 2.43. The van der Waals surface area contributed by atoms with Gasteiger partial charge in [0.1, 0.15) is 0 Å². The third kappa shape index (κ3) is 1.39. The molecule has 0 amide bonds. The van der Waals surface area contributed by atoms with Crippen molar-refractivity contribution in [3.63, 3.8) is 0 Å². The number of benzene rings is 1. The first-order valence-corrected chi connectivity index (χ1v) is 4.86. The fourth-order valence-electron chi connectivity index (χ4n) is 1.77. The lowest BCUT2D eigenvalue weighted by Gasteiger charge is -2.25. The Hall–Kier alpha value is -0.390. The lowest BCUT2D eigenvalue weighted by molar-refractivity contribution is 0.442. The summed E-state index contributed by atoms with van der Waals surface area (Å²) in [7, 11) is 2.78. The van der Waals surface area contributed by atoms with Crippen LogP contribution >= 0.6 is 9.39 Å². The van der Waals surface area contributed by atoms with E-state index in [2.05, 4.69) is 39.2 Å². The van der Waals surface area contributed by atoms with Crippen LogP contribution in [0, 0.1) is 6.92 Å². The van der Waals surface area contributed by atoms with Gasteiger partial charge in [-0.05, 0) is 30.0 Å². The summed E-state index contributed by atoms with van der Waals surface area (Å²) in [6, 6.07) is 6.61. The summed E-state index contributed by atoms with van der Waals surface area (Å²) in [6.07, 6.45) is 1.19. The van der Waals surface area contributed by atoms with Gasteiger partial charge in [-0.15, -0.1) is 0 Å². The van der Waals surface area contributed by atoms with E-state index in [-0.39, 0.29) is 0 Å². The maximum Gasteiger partial charge on any atom is 0.0273 e. The van der Waals surface area contributed by atoms with Crippen LogP contribution in [0.2, 0.25) is 0 Å². The highest BCUT2D eigenvalue weighted by Crippen LogP contribution is 2.23. The van der Waals surface area contributed by atoms with Crippen LogP contribution in [-0.2, 0) is 13.0 Å². The van der Waals surface area contributed by atoms with E-state index in [9.17, 15) is 0 Å². The molecule has 1 atom stereocenters. The van der Waals surface area contributed by atoms with Crippen molar-refractivity contribution in [3.05, 3.63) is 34.9 Å². The minimum Gasteiger partial charge on any atom is -0.283 e. The highest BCUT2D eigenvalue weighted by Gasteiger charge is 2.13. The van der Waals surface area contributed by atoms with Gasteiger partial charge in [0.05, 0.1) is 0 Å². The largest absolute Gasteiger partial charge is 0.283 e. The van der Waals surface area contributed by atoms with Gasteiger partial charge in [0.2, 0.25) is 0 Å². The maximum absolute atomic E-state index is 2.78. The number of hydrogen-bond acceptors (Lipinski definition) is 1. The van der Waals surface area contributed by atoms with Crippen molar-refractivity contribution in [1.82, 2.24) is 4.67 Å². The van der Waals surface area contributed by atoms with E-state index in [1.54, 1.807) is 0 Å². The predicted molar refractivity (Wildman–Crippen MR) is 55.0 cm³/mol. The lowest BCUT2D eigenvalue weighted by atomic mass is 9.97. The van der Waals surface area contributed by atoms with Gasteiger partial charge in [0.15, 0.2) is 0 Å². The fourth-order valence-corrected chi connectivity index (χ4v) is 2.08. The van der Waals surface area contributed by atoms with Crippen LogP contribution in [0.15, 0.2) is 18.2 Å². The van der Waals surface area contributed by atoms with Gasteiger partial charge in [-0.3, -0.25) is 4.67 Å². The van der Waals surface area contributed by atoms with Crippen LogP contribution in [0.1, 0.15) is 16.7 Å². The standard InChI is InChI=1S/C10H14NP/c1-8-3-2-4-9-5-6-11(12)7-10(8)9/h2-4H,5-7,12H2,1H3. The van der Waals surface area contributed by atoms with Crippen LogP contribution in [0.4, 0.5) is 0 Å². The van der Waals surface area contributed by atoms with Gasteiger partial charge in [0, 0.05) is 13.1 Å². The highest BCUT2D eigenvalue weighted by molar-refractivity contribution is 7.13. The zero-order valence-electron chi connectivity index (χ0n) is 7.38. The van der Waals surface area contributed by atoms with E-state index < -0.39 is 0 Å². The zero-order chi connectivity index (χ0) is 8.55. The first-order chi connectivity index (χ1) is 5.77. The first-order valence-electron chi connectivity index (χ1n) is 4.34. The average molecular weight is 179 g/mol. The normalized spacial score (nSPS) is 17.5. The molecule has 0 saturated carbocycles. The molecule has 0 fully saturated rings. The highest BCUT2D eigenvalue weighted by atomic mass is 31.0. The lowest BCUT2D eigenvalue weighted by Crippen LogP contribution is -2.22. The van der Waals surface area contributed by atoms with Crippen molar-refractivity contribution < 1.29 is 0 Å². The third-order valence-corrected chi connectivity index (χ3v) is 2.98. The van der Waals surface area contributed by atoms with Crippen LogP contribution in [-0.4, -0.2) is 11.2 Å². The molecule has 1 heterocycles. The molecule has 1 nitrogen and oxygen atoms in total. The number of aryl methyl sites for hydroxylation is 1. The Morgan fingerprint density at radius 2 is 2.25 bits per heavy atom. The minimum absolute atomic E-state index is 1.09. The summed E-state index contributed by atoms with van der Waals surface area (Å²) in [6.45, 7) is 4.45. The Labute approximate surface area is 76.0 Å². The minimum atomic E-state index is 1.09. The van der Waals surface area contributed by atoms with Crippen molar-refractivity contribution in [2.75, 3.05) is 6.54 Å². The molecule has 1 aliphatic heterocycles. The molecule has 64 valence electrons. The summed E-state index contributed by atoms with van der Waals surface area (Å²) in [5.41, 5.74) is 4.49. The summed E-state index contributed by atoms with van der Waals surface area (Å²) in [5.74, 6) is 0. The fraction of sp³-hybridized carbons (Fsp3) is 0.400. The van der Waals surface area contributed by atoms with E-state index in [1.165, 1.54) is 29.7 Å². The second-order valence-corrected chi connectivity index (χ2v) is 4.16. The number of rotatable bonds is 0. The molecule has 1 aromatic carbocycles. The molecular weight excluding hydrogens is 165 g/mol. The number of nitrogens with zero attached hydrogens (tertiary/aromatic N) is 1. The molecule has 2 heteroatoms. The van der Waals surface area contributed by atoms with Crippen LogP contribution in [0.25, 0.3) is 0 Å². The predicted octanol–water partition coefficient (Wildman–Crippen LogP) is 2.14. The second-order valence-electron chi connectivity index (χ2n) is 3.43. The molecule has 12 heavy (non-hydrogen) atoms. The van der Waals surface area contributed by atoms with Crippen molar-refractivity contribution in [3.8, 4) is 0 Å². The topological polar surface area (TPSA) is 3.24 Å². The molecule has 0 radical (unpaired) electrons. The summed E-state index contributed by atoms with van der Waals surface area (Å²) < 4.78 is 2.30. The van der Waals surface area contributed by atoms with Gasteiger partial charge in [-0.2, -0.15) is 0 Å². The Bertz CT molecular complexity index is 296. The van der Waals surface area contributed by atoms with Crippen molar-refractivity contribution in [2.45, 2.75) is 19.9 Å². The van der Waals surface area contributed by atoms with Crippen molar-refractivity contribution >= 4 is 9.39 Å². The molecule has 1 aromatic rings. The quantitative estimate of drug-likeness (QED) is 0.551. The maximum atomic E-state index is 2.78. The molecule has 1 unspecified atom stereocenters. The number of hydrogen-bond donors (Lipinski definition) is 0. The second kappa shape index (κ2) is 3.16. The number of fused-ring (bicyclic) bond motifs is 1. The monoisotopic (exact) mass is 179 g/mol.